The van der Waals surface area contributed by atoms with Crippen molar-refractivity contribution in [3.05, 3.63) is 29.8 Å². The molecule has 0 spiro atoms. The molecule has 0 heterocycles. The molecule has 0 unspecified atom stereocenters. The van der Waals surface area contributed by atoms with Gasteiger partial charge in [0.2, 0.25) is 6.29 Å². The number of amidine groups is 1. The van der Waals surface area contributed by atoms with Crippen LogP contribution in [0.25, 0.3) is 0 Å². The molecule has 0 bridgehead atoms. The third kappa shape index (κ3) is 2.59. The van der Waals surface area contributed by atoms with Crippen LogP contribution in [0.2, 0.25) is 0 Å². The van der Waals surface area contributed by atoms with Crippen LogP contribution in [-0.4, -0.2) is 18.7 Å². The Morgan fingerprint density at radius 1 is 1.46 bits per heavy atom. The van der Waals surface area contributed by atoms with Crippen LogP contribution in [0.5, 0.6) is 0 Å². The van der Waals surface area contributed by atoms with Crippen molar-refractivity contribution in [1.29, 1.82) is 5.41 Å². The molecular weight excluding hydrogens is 166 g/mol. The fourth-order valence-electron chi connectivity index (χ4n) is 0.906. The van der Waals surface area contributed by atoms with Gasteiger partial charge < -0.3 is 11.1 Å². The third-order valence-electron chi connectivity index (χ3n) is 1.56. The number of hydrogen-bond acceptors (Lipinski definition) is 3. The van der Waals surface area contributed by atoms with E-state index in [2.05, 4.69) is 5.32 Å². The Bertz CT molecular complexity index is 305. The number of nitrogen functional groups attached to an aromatic ring is 1. The topological polar surface area (TPSA) is 79.0 Å². The molecular formula is C9H10N3O. The summed E-state index contributed by atoms with van der Waals surface area (Å²) in [7, 11) is 0. The van der Waals surface area contributed by atoms with Gasteiger partial charge in [0, 0.05) is 11.3 Å². The first-order valence-electron chi connectivity index (χ1n) is 3.77. The van der Waals surface area contributed by atoms with Gasteiger partial charge in [-0.2, -0.15) is 0 Å². The highest BCUT2D eigenvalue weighted by Gasteiger charge is 1.95. The molecule has 0 saturated heterocycles. The summed E-state index contributed by atoms with van der Waals surface area (Å²) < 4.78 is 0. The minimum atomic E-state index is 0.0356. The van der Waals surface area contributed by atoms with Gasteiger partial charge >= 0.3 is 0 Å². The average Bonchev–Trinajstić information content (AvgIpc) is 2.15. The molecule has 4 heteroatoms. The van der Waals surface area contributed by atoms with E-state index in [0.29, 0.717) is 5.56 Å². The van der Waals surface area contributed by atoms with Crippen LogP contribution in [0.1, 0.15) is 5.56 Å². The van der Waals surface area contributed by atoms with Crippen molar-refractivity contribution in [2.45, 2.75) is 0 Å². The predicted octanol–water partition coefficient (Wildman–Crippen LogP) is 0.492. The summed E-state index contributed by atoms with van der Waals surface area (Å²) in [6, 6.07) is 6.95. The molecule has 4 nitrogen and oxygen atoms in total. The van der Waals surface area contributed by atoms with Gasteiger partial charge in [0.05, 0.1) is 6.54 Å². The van der Waals surface area contributed by atoms with E-state index in [4.69, 9.17) is 11.1 Å². The summed E-state index contributed by atoms with van der Waals surface area (Å²) in [6.45, 7) is 0.166. The summed E-state index contributed by atoms with van der Waals surface area (Å²) in [5.74, 6) is 0.0356. The molecule has 0 amide bonds. The maximum Gasteiger partial charge on any atom is 0.219 e. The van der Waals surface area contributed by atoms with Crippen LogP contribution < -0.4 is 11.1 Å². The Balaban J connectivity index is 2.69. The normalized spacial score (nSPS) is 9.23. The number of anilines is 1. The van der Waals surface area contributed by atoms with Crippen molar-refractivity contribution in [2.75, 3.05) is 11.9 Å². The summed E-state index contributed by atoms with van der Waals surface area (Å²) in [5.41, 5.74) is 6.75. The molecule has 1 radical (unpaired) electrons. The minimum Gasteiger partial charge on any atom is -0.384 e. The second-order valence-electron chi connectivity index (χ2n) is 2.49. The Labute approximate surface area is 76.3 Å². The number of benzene rings is 1. The summed E-state index contributed by atoms with van der Waals surface area (Å²) in [4.78, 5) is 9.91. The smallest absolute Gasteiger partial charge is 0.219 e. The number of nitrogens with two attached hydrogens (primary N) is 1. The van der Waals surface area contributed by atoms with Crippen LogP contribution in [-0.2, 0) is 4.79 Å². The molecule has 0 aromatic heterocycles. The predicted molar refractivity (Wildman–Crippen MR) is 51.6 cm³/mol. The van der Waals surface area contributed by atoms with Gasteiger partial charge in [-0.1, -0.05) is 0 Å². The zero-order valence-corrected chi connectivity index (χ0v) is 7.00. The van der Waals surface area contributed by atoms with Crippen molar-refractivity contribution in [3.8, 4) is 0 Å². The van der Waals surface area contributed by atoms with Crippen molar-refractivity contribution < 1.29 is 4.79 Å². The first-order chi connectivity index (χ1) is 6.24. The van der Waals surface area contributed by atoms with Gasteiger partial charge in [-0.15, -0.1) is 0 Å². The van der Waals surface area contributed by atoms with Crippen LogP contribution in [0.15, 0.2) is 24.3 Å². The molecule has 4 N–H and O–H groups in total. The van der Waals surface area contributed by atoms with E-state index in [1.165, 1.54) is 0 Å². The first kappa shape index (κ1) is 9.25. The van der Waals surface area contributed by atoms with E-state index >= 15 is 0 Å². The molecule has 1 aromatic rings. The fraction of sp³-hybridized carbons (Fsp3) is 0.111. The molecule has 0 saturated carbocycles. The molecule has 0 aliphatic heterocycles. The lowest BCUT2D eigenvalue weighted by Gasteiger charge is -2.02. The molecule has 13 heavy (non-hydrogen) atoms. The molecule has 1 aromatic carbocycles. The van der Waals surface area contributed by atoms with Gasteiger partial charge in [-0.05, 0) is 24.3 Å². The molecule has 0 atom stereocenters. The highest BCUT2D eigenvalue weighted by molar-refractivity contribution is 5.95. The lowest BCUT2D eigenvalue weighted by molar-refractivity contribution is 0.557. The van der Waals surface area contributed by atoms with Crippen molar-refractivity contribution in [3.63, 3.8) is 0 Å². The number of rotatable bonds is 4. The number of hydrogen-bond donors (Lipinski definition) is 3. The fourth-order valence-corrected chi connectivity index (χ4v) is 0.906. The Morgan fingerprint density at radius 2 is 2.08 bits per heavy atom. The van der Waals surface area contributed by atoms with Crippen molar-refractivity contribution >= 4 is 17.8 Å². The zero-order valence-electron chi connectivity index (χ0n) is 7.00. The van der Waals surface area contributed by atoms with Crippen molar-refractivity contribution in [2.24, 2.45) is 5.73 Å². The number of nitrogens with one attached hydrogen (secondary N) is 2. The van der Waals surface area contributed by atoms with E-state index in [0.717, 1.165) is 5.69 Å². The largest absolute Gasteiger partial charge is 0.384 e. The first-order valence-corrected chi connectivity index (χ1v) is 3.77. The quantitative estimate of drug-likeness (QED) is 0.461. The minimum absolute atomic E-state index is 0.0356. The van der Waals surface area contributed by atoms with Crippen LogP contribution in [0, 0.1) is 5.41 Å². The summed E-state index contributed by atoms with van der Waals surface area (Å²) in [5, 5.41) is 9.96. The Morgan fingerprint density at radius 3 is 2.54 bits per heavy atom. The van der Waals surface area contributed by atoms with E-state index in [1.807, 2.05) is 0 Å². The van der Waals surface area contributed by atoms with E-state index in [9.17, 15) is 4.79 Å². The maximum atomic E-state index is 9.91. The van der Waals surface area contributed by atoms with Crippen LogP contribution in [0.3, 0.4) is 0 Å². The summed E-state index contributed by atoms with van der Waals surface area (Å²) >= 11 is 0. The monoisotopic (exact) mass is 176 g/mol. The standard InChI is InChI=1S/C9H10N3O/c10-9(11)7-1-3-8(4-2-7)12-5-6-13/h1-4,12H,5H2,(H3,10,11). The van der Waals surface area contributed by atoms with Crippen LogP contribution in [0.4, 0.5) is 5.69 Å². The second kappa shape index (κ2) is 4.25. The molecule has 0 aliphatic carbocycles. The van der Waals surface area contributed by atoms with Crippen LogP contribution >= 0.6 is 0 Å². The average molecular weight is 176 g/mol. The molecule has 0 aliphatic rings. The zero-order chi connectivity index (χ0) is 9.68. The van der Waals surface area contributed by atoms with Gasteiger partial charge in [0.25, 0.3) is 0 Å². The third-order valence-corrected chi connectivity index (χ3v) is 1.56. The molecule has 67 valence electrons. The Hall–Kier alpha value is -1.84. The summed E-state index contributed by atoms with van der Waals surface area (Å²) in [6.07, 6.45) is 1.73. The number of carbonyl (C=O) groups excluding carboxylic acids is 1. The van der Waals surface area contributed by atoms with E-state index in [-0.39, 0.29) is 12.4 Å². The molecule has 0 fully saturated rings. The van der Waals surface area contributed by atoms with E-state index < -0.39 is 0 Å². The second-order valence-corrected chi connectivity index (χ2v) is 2.49. The SMILES string of the molecule is N=C(N)c1ccc(NC[C]=O)cc1. The molecule has 1 rings (SSSR count). The van der Waals surface area contributed by atoms with Gasteiger partial charge in [-0.25, -0.2) is 0 Å². The van der Waals surface area contributed by atoms with Gasteiger partial charge in [0.1, 0.15) is 5.84 Å². The van der Waals surface area contributed by atoms with E-state index in [1.54, 1.807) is 30.6 Å². The lowest BCUT2D eigenvalue weighted by atomic mass is 10.2. The highest BCUT2D eigenvalue weighted by Crippen LogP contribution is 2.07. The van der Waals surface area contributed by atoms with Gasteiger partial charge in [-0.3, -0.25) is 10.2 Å². The lowest BCUT2D eigenvalue weighted by Crippen LogP contribution is -2.10. The highest BCUT2D eigenvalue weighted by atomic mass is 16.1. The van der Waals surface area contributed by atoms with Gasteiger partial charge in [0.15, 0.2) is 0 Å². The Kier molecular flexibility index (Phi) is 3.03. The maximum absolute atomic E-state index is 9.91. The van der Waals surface area contributed by atoms with Crippen molar-refractivity contribution in [1.82, 2.24) is 0 Å².